The molecule has 0 saturated heterocycles. The van der Waals surface area contributed by atoms with E-state index >= 15 is 0 Å². The van der Waals surface area contributed by atoms with Crippen molar-refractivity contribution < 1.29 is 5.11 Å². The molecule has 1 fully saturated rings. The predicted molar refractivity (Wildman–Crippen MR) is 65.0 cm³/mol. The van der Waals surface area contributed by atoms with Gasteiger partial charge in [-0.1, -0.05) is 20.3 Å². The number of aliphatic hydroxyl groups is 1. The van der Waals surface area contributed by atoms with Crippen LogP contribution in [-0.4, -0.2) is 24.3 Å². The lowest BCUT2D eigenvalue weighted by Gasteiger charge is -2.35. The van der Waals surface area contributed by atoms with Gasteiger partial charge in [0.1, 0.15) is 0 Å². The summed E-state index contributed by atoms with van der Waals surface area (Å²) in [5.41, 5.74) is 0.543. The zero-order chi connectivity index (χ0) is 11.1. The maximum Gasteiger partial charge on any atom is 0.0431 e. The highest BCUT2D eigenvalue weighted by molar-refractivity contribution is 4.83. The topological polar surface area (TPSA) is 32.3 Å². The van der Waals surface area contributed by atoms with Gasteiger partial charge < -0.3 is 10.4 Å². The second kappa shape index (κ2) is 6.49. The van der Waals surface area contributed by atoms with Crippen molar-refractivity contribution in [2.24, 2.45) is 5.41 Å². The Hall–Kier alpha value is -0.0800. The van der Waals surface area contributed by atoms with Crippen molar-refractivity contribution in [2.45, 2.75) is 64.8 Å². The molecule has 0 aromatic heterocycles. The first-order valence-electron chi connectivity index (χ1n) is 6.48. The Kier molecular flexibility index (Phi) is 5.62. The van der Waals surface area contributed by atoms with E-state index in [1.54, 1.807) is 0 Å². The van der Waals surface area contributed by atoms with Crippen LogP contribution in [0.25, 0.3) is 0 Å². The first kappa shape index (κ1) is 13.0. The lowest BCUT2D eigenvalue weighted by Crippen LogP contribution is -2.37. The highest BCUT2D eigenvalue weighted by Crippen LogP contribution is 2.34. The van der Waals surface area contributed by atoms with Gasteiger partial charge in [0, 0.05) is 12.6 Å². The molecular formula is C13H27NO. The van der Waals surface area contributed by atoms with E-state index in [0.717, 1.165) is 25.4 Å². The minimum absolute atomic E-state index is 0.344. The summed E-state index contributed by atoms with van der Waals surface area (Å²) in [6.45, 7) is 6.23. The quantitative estimate of drug-likeness (QED) is 0.665. The molecule has 0 aliphatic heterocycles. The molecule has 2 nitrogen and oxygen atoms in total. The zero-order valence-electron chi connectivity index (χ0n) is 10.4. The zero-order valence-corrected chi connectivity index (χ0v) is 10.4. The van der Waals surface area contributed by atoms with Gasteiger partial charge in [-0.2, -0.15) is 0 Å². The van der Waals surface area contributed by atoms with Crippen LogP contribution in [-0.2, 0) is 0 Å². The Morgan fingerprint density at radius 3 is 2.73 bits per heavy atom. The molecular weight excluding hydrogens is 186 g/mol. The predicted octanol–water partition coefficient (Wildman–Crippen LogP) is 2.71. The summed E-state index contributed by atoms with van der Waals surface area (Å²) >= 11 is 0. The molecule has 0 spiro atoms. The van der Waals surface area contributed by atoms with Crippen LogP contribution in [0.2, 0.25) is 0 Å². The maximum atomic E-state index is 8.66. The van der Waals surface area contributed by atoms with E-state index in [1.807, 2.05) is 0 Å². The molecule has 2 N–H and O–H groups in total. The molecule has 0 heterocycles. The second-order valence-corrected chi connectivity index (χ2v) is 5.70. The number of rotatable bonds is 6. The third kappa shape index (κ3) is 5.53. The van der Waals surface area contributed by atoms with Crippen molar-refractivity contribution in [1.82, 2.24) is 5.32 Å². The van der Waals surface area contributed by atoms with Gasteiger partial charge in [-0.3, -0.25) is 0 Å². The molecule has 0 aromatic carbocycles. The molecule has 0 radical (unpaired) electrons. The normalized spacial score (nSPS) is 25.4. The minimum atomic E-state index is 0.344. The van der Waals surface area contributed by atoms with E-state index in [0.29, 0.717) is 12.0 Å². The molecule has 1 aliphatic carbocycles. The van der Waals surface area contributed by atoms with Gasteiger partial charge in [-0.15, -0.1) is 0 Å². The fraction of sp³-hybridized carbons (Fsp3) is 1.00. The summed E-state index contributed by atoms with van der Waals surface area (Å²) < 4.78 is 0. The van der Waals surface area contributed by atoms with Crippen LogP contribution in [0.4, 0.5) is 0 Å². The van der Waals surface area contributed by atoms with E-state index in [2.05, 4.69) is 19.2 Å². The number of hydrogen-bond acceptors (Lipinski definition) is 2. The molecule has 15 heavy (non-hydrogen) atoms. The number of hydrogen-bond donors (Lipinski definition) is 2. The summed E-state index contributed by atoms with van der Waals surface area (Å²) in [6.07, 6.45) is 8.75. The van der Waals surface area contributed by atoms with Gasteiger partial charge in [0.25, 0.3) is 0 Å². The number of nitrogens with one attached hydrogen (secondary N) is 1. The third-order valence-corrected chi connectivity index (χ3v) is 3.47. The van der Waals surface area contributed by atoms with Crippen LogP contribution in [0.15, 0.2) is 0 Å². The fourth-order valence-corrected chi connectivity index (χ4v) is 2.59. The Morgan fingerprint density at radius 2 is 2.07 bits per heavy atom. The maximum absolute atomic E-state index is 8.66. The first-order chi connectivity index (χ1) is 7.14. The van der Waals surface area contributed by atoms with Gasteiger partial charge in [-0.05, 0) is 50.5 Å². The van der Waals surface area contributed by atoms with Crippen LogP contribution in [0, 0.1) is 5.41 Å². The standard InChI is InChI=1S/C13H27NO/c1-13(2)8-6-7-12(11-13)14-9-4-3-5-10-15/h12,14-15H,3-11H2,1-2H3. The molecule has 0 bridgehead atoms. The summed E-state index contributed by atoms with van der Waals surface area (Å²) in [5, 5.41) is 12.3. The van der Waals surface area contributed by atoms with Gasteiger partial charge >= 0.3 is 0 Å². The molecule has 1 aliphatic rings. The van der Waals surface area contributed by atoms with Crippen LogP contribution in [0.1, 0.15) is 58.8 Å². The van der Waals surface area contributed by atoms with E-state index in [-0.39, 0.29) is 0 Å². The highest BCUT2D eigenvalue weighted by Gasteiger charge is 2.27. The SMILES string of the molecule is CC1(C)CCCC(NCCCCCO)C1. The average molecular weight is 213 g/mol. The van der Waals surface area contributed by atoms with Gasteiger partial charge in [0.2, 0.25) is 0 Å². The fourth-order valence-electron chi connectivity index (χ4n) is 2.59. The Bertz CT molecular complexity index is 168. The van der Waals surface area contributed by atoms with Crippen molar-refractivity contribution in [3.05, 3.63) is 0 Å². The van der Waals surface area contributed by atoms with E-state index in [1.165, 1.54) is 32.1 Å². The van der Waals surface area contributed by atoms with E-state index < -0.39 is 0 Å². The largest absolute Gasteiger partial charge is 0.396 e. The average Bonchev–Trinajstić information content (AvgIpc) is 2.16. The van der Waals surface area contributed by atoms with Crippen molar-refractivity contribution in [3.63, 3.8) is 0 Å². The van der Waals surface area contributed by atoms with E-state index in [4.69, 9.17) is 5.11 Å². The lowest BCUT2D eigenvalue weighted by molar-refractivity contribution is 0.198. The van der Waals surface area contributed by atoms with Crippen LogP contribution in [0.5, 0.6) is 0 Å². The molecule has 1 saturated carbocycles. The van der Waals surface area contributed by atoms with Gasteiger partial charge in [0.15, 0.2) is 0 Å². The summed E-state index contributed by atoms with van der Waals surface area (Å²) in [7, 11) is 0. The van der Waals surface area contributed by atoms with Crippen molar-refractivity contribution in [3.8, 4) is 0 Å². The third-order valence-electron chi connectivity index (χ3n) is 3.47. The molecule has 1 rings (SSSR count). The molecule has 0 aromatic rings. The Labute approximate surface area is 94.5 Å². The second-order valence-electron chi connectivity index (χ2n) is 5.70. The number of unbranched alkanes of at least 4 members (excludes halogenated alkanes) is 2. The smallest absolute Gasteiger partial charge is 0.0431 e. The van der Waals surface area contributed by atoms with Crippen LogP contribution < -0.4 is 5.32 Å². The van der Waals surface area contributed by atoms with Crippen LogP contribution in [0.3, 0.4) is 0 Å². The summed E-state index contributed by atoms with van der Waals surface area (Å²) in [4.78, 5) is 0. The molecule has 0 amide bonds. The molecule has 2 heteroatoms. The lowest BCUT2D eigenvalue weighted by atomic mass is 9.75. The highest BCUT2D eigenvalue weighted by atomic mass is 16.2. The van der Waals surface area contributed by atoms with Crippen LogP contribution >= 0.6 is 0 Å². The molecule has 90 valence electrons. The Morgan fingerprint density at radius 1 is 1.27 bits per heavy atom. The Balaban J connectivity index is 2.05. The monoisotopic (exact) mass is 213 g/mol. The molecule has 1 atom stereocenters. The van der Waals surface area contributed by atoms with E-state index in [9.17, 15) is 0 Å². The van der Waals surface area contributed by atoms with Gasteiger partial charge in [0.05, 0.1) is 0 Å². The van der Waals surface area contributed by atoms with Crippen molar-refractivity contribution >= 4 is 0 Å². The minimum Gasteiger partial charge on any atom is -0.396 e. The van der Waals surface area contributed by atoms with Gasteiger partial charge in [-0.25, -0.2) is 0 Å². The van der Waals surface area contributed by atoms with Crippen molar-refractivity contribution in [2.75, 3.05) is 13.2 Å². The summed E-state index contributed by atoms with van der Waals surface area (Å²) in [5.74, 6) is 0. The summed E-state index contributed by atoms with van der Waals surface area (Å²) in [6, 6.07) is 0.739. The number of aliphatic hydroxyl groups excluding tert-OH is 1. The first-order valence-corrected chi connectivity index (χ1v) is 6.48. The molecule has 1 unspecified atom stereocenters. The van der Waals surface area contributed by atoms with Crippen molar-refractivity contribution in [1.29, 1.82) is 0 Å².